The SMILES string of the molecule is CCCCCCOc1ccc(Cl)cc1C=C1C(=O)NC(=O)N(c2ccc(Cl)c(Cl)c2)C1=O. The summed E-state index contributed by atoms with van der Waals surface area (Å²) < 4.78 is 5.85. The number of rotatable bonds is 8. The predicted molar refractivity (Wildman–Crippen MR) is 127 cm³/mol. The van der Waals surface area contributed by atoms with Crippen LogP contribution in [0.25, 0.3) is 6.08 Å². The Hall–Kier alpha value is -2.54. The van der Waals surface area contributed by atoms with Crippen LogP contribution in [0.1, 0.15) is 38.2 Å². The smallest absolute Gasteiger partial charge is 0.335 e. The van der Waals surface area contributed by atoms with Crippen LogP contribution in [-0.2, 0) is 9.59 Å². The molecule has 3 rings (SSSR count). The van der Waals surface area contributed by atoms with Crippen molar-refractivity contribution >= 4 is 64.4 Å². The number of unbranched alkanes of at least 4 members (excludes halogenated alkanes) is 3. The Morgan fingerprint density at radius 2 is 1.75 bits per heavy atom. The predicted octanol–water partition coefficient (Wildman–Crippen LogP) is 6.27. The zero-order valence-electron chi connectivity index (χ0n) is 17.3. The van der Waals surface area contributed by atoms with Gasteiger partial charge in [0.25, 0.3) is 11.8 Å². The average molecular weight is 496 g/mol. The zero-order valence-corrected chi connectivity index (χ0v) is 19.6. The second-order valence-electron chi connectivity index (χ2n) is 7.15. The van der Waals surface area contributed by atoms with Gasteiger partial charge in [-0.2, -0.15) is 0 Å². The van der Waals surface area contributed by atoms with Crippen molar-refractivity contribution in [3.05, 3.63) is 62.6 Å². The number of urea groups is 1. The maximum atomic E-state index is 13.1. The van der Waals surface area contributed by atoms with Gasteiger partial charge in [-0.1, -0.05) is 61.0 Å². The molecule has 0 unspecified atom stereocenters. The minimum atomic E-state index is -0.881. The molecule has 0 radical (unpaired) electrons. The fourth-order valence-corrected chi connectivity index (χ4v) is 3.62. The molecule has 4 amide bonds. The number of halogens is 3. The Balaban J connectivity index is 1.92. The molecule has 1 heterocycles. The lowest BCUT2D eigenvalue weighted by molar-refractivity contribution is -0.122. The van der Waals surface area contributed by atoms with E-state index in [0.29, 0.717) is 22.9 Å². The third-order valence-corrected chi connectivity index (χ3v) is 5.76. The monoisotopic (exact) mass is 494 g/mol. The molecule has 1 fully saturated rings. The van der Waals surface area contributed by atoms with Crippen LogP contribution in [0.2, 0.25) is 15.1 Å². The summed E-state index contributed by atoms with van der Waals surface area (Å²) in [6, 6.07) is 8.36. The average Bonchev–Trinajstić information content (AvgIpc) is 2.74. The summed E-state index contributed by atoms with van der Waals surface area (Å²) in [5.41, 5.74) is 0.391. The van der Waals surface area contributed by atoms with Crippen LogP contribution in [-0.4, -0.2) is 24.5 Å². The van der Waals surface area contributed by atoms with Gasteiger partial charge in [-0.15, -0.1) is 0 Å². The summed E-state index contributed by atoms with van der Waals surface area (Å²) in [6.07, 6.45) is 5.52. The molecule has 1 aliphatic heterocycles. The third-order valence-electron chi connectivity index (χ3n) is 4.79. The third kappa shape index (κ3) is 5.63. The number of barbiturate groups is 1. The molecule has 168 valence electrons. The highest BCUT2D eigenvalue weighted by Crippen LogP contribution is 2.31. The van der Waals surface area contributed by atoms with E-state index in [1.54, 1.807) is 18.2 Å². The summed E-state index contributed by atoms with van der Waals surface area (Å²) in [5.74, 6) is -1.13. The van der Waals surface area contributed by atoms with Gasteiger partial charge in [0.15, 0.2) is 0 Å². The second-order valence-corrected chi connectivity index (χ2v) is 8.40. The Morgan fingerprint density at radius 1 is 0.969 bits per heavy atom. The van der Waals surface area contributed by atoms with Crippen molar-refractivity contribution in [2.75, 3.05) is 11.5 Å². The summed E-state index contributed by atoms with van der Waals surface area (Å²) >= 11 is 18.1. The standard InChI is InChI=1S/C23H21Cl3N2O4/c1-2-3-4-5-10-32-20-9-6-15(24)11-14(20)12-17-21(29)27-23(31)28(22(17)30)16-7-8-18(25)19(26)13-16/h6-9,11-13H,2-5,10H2,1H3,(H,27,29,31). The van der Waals surface area contributed by atoms with Crippen molar-refractivity contribution in [3.63, 3.8) is 0 Å². The Bertz CT molecular complexity index is 1080. The van der Waals surface area contributed by atoms with E-state index in [4.69, 9.17) is 39.5 Å². The van der Waals surface area contributed by atoms with E-state index in [9.17, 15) is 14.4 Å². The van der Waals surface area contributed by atoms with Gasteiger partial charge in [0, 0.05) is 10.6 Å². The molecule has 0 bridgehead atoms. The number of nitrogens with zero attached hydrogens (tertiary/aromatic N) is 1. The first kappa shape index (κ1) is 24.1. The first-order valence-electron chi connectivity index (χ1n) is 10.1. The number of carbonyl (C=O) groups is 3. The normalized spacial score (nSPS) is 15.3. The maximum absolute atomic E-state index is 13.1. The molecule has 0 aliphatic carbocycles. The van der Waals surface area contributed by atoms with Crippen LogP contribution < -0.4 is 15.0 Å². The molecule has 2 aromatic rings. The largest absolute Gasteiger partial charge is 0.493 e. The van der Waals surface area contributed by atoms with Gasteiger partial charge in [0.05, 0.1) is 22.3 Å². The van der Waals surface area contributed by atoms with E-state index in [2.05, 4.69) is 12.2 Å². The van der Waals surface area contributed by atoms with Crippen LogP contribution in [0.3, 0.4) is 0 Å². The highest BCUT2D eigenvalue weighted by molar-refractivity contribution is 6.43. The highest BCUT2D eigenvalue weighted by atomic mass is 35.5. The number of ether oxygens (including phenoxy) is 1. The van der Waals surface area contributed by atoms with Gasteiger partial charge < -0.3 is 4.74 Å². The molecular weight excluding hydrogens is 475 g/mol. The fraction of sp³-hybridized carbons (Fsp3) is 0.261. The van der Waals surface area contributed by atoms with E-state index in [1.165, 1.54) is 24.3 Å². The number of hydrogen-bond acceptors (Lipinski definition) is 4. The Labute approximate surface area is 201 Å². The molecular formula is C23H21Cl3N2O4. The Kier molecular flexibility index (Phi) is 8.18. The van der Waals surface area contributed by atoms with Gasteiger partial charge in [0.1, 0.15) is 11.3 Å². The molecule has 6 nitrogen and oxygen atoms in total. The number of carbonyl (C=O) groups excluding carboxylic acids is 3. The second kappa shape index (κ2) is 10.9. The van der Waals surface area contributed by atoms with Crippen molar-refractivity contribution in [3.8, 4) is 5.75 Å². The van der Waals surface area contributed by atoms with Crippen molar-refractivity contribution in [2.45, 2.75) is 32.6 Å². The van der Waals surface area contributed by atoms with E-state index in [-0.39, 0.29) is 21.3 Å². The molecule has 1 aliphatic rings. The van der Waals surface area contributed by atoms with Gasteiger partial charge in [-0.05, 0) is 48.9 Å². The Morgan fingerprint density at radius 3 is 2.47 bits per heavy atom. The molecule has 32 heavy (non-hydrogen) atoms. The van der Waals surface area contributed by atoms with E-state index >= 15 is 0 Å². The van der Waals surface area contributed by atoms with Crippen molar-refractivity contribution < 1.29 is 19.1 Å². The lowest BCUT2D eigenvalue weighted by Crippen LogP contribution is -2.54. The van der Waals surface area contributed by atoms with E-state index in [0.717, 1.165) is 30.6 Å². The minimum absolute atomic E-state index is 0.167. The number of anilines is 1. The van der Waals surface area contributed by atoms with Crippen LogP contribution in [0.4, 0.5) is 10.5 Å². The van der Waals surface area contributed by atoms with Crippen LogP contribution in [0.5, 0.6) is 5.75 Å². The summed E-state index contributed by atoms with van der Waals surface area (Å²) in [4.78, 5) is 38.8. The lowest BCUT2D eigenvalue weighted by Gasteiger charge is -2.26. The minimum Gasteiger partial charge on any atom is -0.493 e. The van der Waals surface area contributed by atoms with Crippen molar-refractivity contribution in [1.29, 1.82) is 0 Å². The van der Waals surface area contributed by atoms with Crippen LogP contribution in [0.15, 0.2) is 42.0 Å². The first-order chi connectivity index (χ1) is 15.3. The topological polar surface area (TPSA) is 75.7 Å². The number of nitrogens with one attached hydrogen (secondary N) is 1. The summed E-state index contributed by atoms with van der Waals surface area (Å²) in [5, 5.41) is 3.02. The van der Waals surface area contributed by atoms with Crippen LogP contribution in [0, 0.1) is 0 Å². The molecule has 1 saturated heterocycles. The lowest BCUT2D eigenvalue weighted by atomic mass is 10.1. The molecule has 9 heteroatoms. The van der Waals surface area contributed by atoms with Gasteiger partial charge in [-0.3, -0.25) is 14.9 Å². The molecule has 0 spiro atoms. The molecule has 0 aromatic heterocycles. The first-order valence-corrected chi connectivity index (χ1v) is 11.2. The van der Waals surface area contributed by atoms with Crippen molar-refractivity contribution in [2.24, 2.45) is 0 Å². The van der Waals surface area contributed by atoms with Crippen molar-refractivity contribution in [1.82, 2.24) is 5.32 Å². The highest BCUT2D eigenvalue weighted by Gasteiger charge is 2.37. The van der Waals surface area contributed by atoms with Gasteiger partial charge in [-0.25, -0.2) is 9.69 Å². The summed E-state index contributed by atoms with van der Waals surface area (Å²) in [6.45, 7) is 2.62. The molecule has 0 saturated carbocycles. The number of amides is 4. The fourth-order valence-electron chi connectivity index (χ4n) is 3.15. The molecule has 1 N–H and O–H groups in total. The molecule has 0 atom stereocenters. The van der Waals surface area contributed by atoms with E-state index < -0.39 is 17.8 Å². The number of hydrogen-bond donors (Lipinski definition) is 1. The summed E-state index contributed by atoms with van der Waals surface area (Å²) in [7, 11) is 0. The van der Waals surface area contributed by atoms with Gasteiger partial charge in [0.2, 0.25) is 0 Å². The number of benzene rings is 2. The maximum Gasteiger partial charge on any atom is 0.335 e. The molecule has 2 aromatic carbocycles. The zero-order chi connectivity index (χ0) is 23.3. The van der Waals surface area contributed by atoms with Gasteiger partial charge >= 0.3 is 6.03 Å². The quantitative estimate of drug-likeness (QED) is 0.266. The number of imide groups is 2. The van der Waals surface area contributed by atoms with E-state index in [1.807, 2.05) is 0 Å². The van der Waals surface area contributed by atoms with Crippen LogP contribution >= 0.6 is 34.8 Å².